The predicted octanol–water partition coefficient (Wildman–Crippen LogP) is 18.2. The Morgan fingerprint density at radius 3 is 0.782 bits per heavy atom. The molecule has 0 unspecified atom stereocenters. The van der Waals surface area contributed by atoms with E-state index in [1.54, 1.807) is 0 Å². The molecular formula is C39H94F4N6O4S2. The molecule has 2 rings (SSSR count). The molecule has 0 amide bonds. The molecule has 0 bridgehead atoms. The maximum absolute atomic E-state index is 14.0. The number of rotatable bonds is 10. The average molecular weight is 851 g/mol. The summed E-state index contributed by atoms with van der Waals surface area (Å²) in [6.07, 6.45) is 1.53. The zero-order valence-corrected chi connectivity index (χ0v) is 26.1. The van der Waals surface area contributed by atoms with E-state index >= 15 is 0 Å². The van der Waals surface area contributed by atoms with Gasteiger partial charge < -0.3 is 0 Å². The maximum atomic E-state index is 14.0. The fraction of sp³-hybridized carbons (Fsp3) is 0.692. The minimum atomic E-state index is -4.84. The number of unbranched alkanes of at least 4 members (excludes halogenated alkanes) is 2. The lowest BCUT2D eigenvalue weighted by Gasteiger charge is -2.08. The number of azide groups is 2. The molecule has 344 valence electrons. The van der Waals surface area contributed by atoms with Gasteiger partial charge in [0.2, 0.25) is 0 Å². The van der Waals surface area contributed by atoms with Crippen molar-refractivity contribution in [3.8, 4) is 0 Å². The molecule has 0 aliphatic heterocycles. The molecule has 2 aromatic rings. The molecule has 0 saturated carbocycles. The molecular weight excluding hydrogens is 757 g/mol. The number of sulfonamides is 2. The standard InChI is InChI=1S/C17H14F4N6O4S2.4C2H6.14CH4/c18-12-6-10(7-13(19)16(12)32(28,29)26-24-22)4-2-1-3-5-11-8-14(20)17(15(21)9-11)33(30,31)27-25-23;4*1-2;;;;;;;;;;;;;;/h6-9H,1-5H2;4*1-2H3;14*1H4. The Kier molecular flexibility index (Phi) is 120. The summed E-state index contributed by atoms with van der Waals surface area (Å²) < 4.78 is 107. The summed E-state index contributed by atoms with van der Waals surface area (Å²) >= 11 is 0. The summed E-state index contributed by atoms with van der Waals surface area (Å²) in [4.78, 5) is 1.36. The minimum absolute atomic E-state index is 0. The molecule has 0 aliphatic carbocycles. The molecule has 55 heavy (non-hydrogen) atoms. The van der Waals surface area contributed by atoms with Gasteiger partial charge in [0.15, 0.2) is 0 Å². The van der Waals surface area contributed by atoms with Crippen molar-refractivity contribution in [2.45, 2.75) is 201 Å². The molecule has 0 saturated heterocycles. The highest BCUT2D eigenvalue weighted by molar-refractivity contribution is 7.90. The number of halogens is 4. The van der Waals surface area contributed by atoms with E-state index in [4.69, 9.17) is 11.1 Å². The quantitative estimate of drug-likeness (QED) is 0.0763. The number of hydrogen-bond acceptors (Lipinski definition) is 4. The largest absolute Gasteiger partial charge is 0.270 e. The molecule has 0 N–H and O–H groups in total. The summed E-state index contributed by atoms with van der Waals surface area (Å²) in [5, 5.41) is 0. The summed E-state index contributed by atoms with van der Waals surface area (Å²) in [6, 6.07) is 3.21. The summed E-state index contributed by atoms with van der Waals surface area (Å²) in [5.41, 5.74) is 16.7. The first-order chi connectivity index (χ1) is 19.4. The van der Waals surface area contributed by atoms with Crippen molar-refractivity contribution in [3.63, 3.8) is 0 Å². The van der Waals surface area contributed by atoms with E-state index in [1.165, 1.54) is 0 Å². The summed E-state index contributed by atoms with van der Waals surface area (Å²) in [6.45, 7) is 16.0. The first-order valence-electron chi connectivity index (χ1n) is 13.0. The number of aryl methyl sites for hydroxylation is 2. The van der Waals surface area contributed by atoms with Crippen molar-refractivity contribution < 1.29 is 34.4 Å². The third kappa shape index (κ3) is 37.4. The van der Waals surface area contributed by atoms with Crippen molar-refractivity contribution in [1.82, 2.24) is 0 Å². The SMILES string of the molecule is C.C.C.C.C.C.C.C.C.C.C.C.C.C.CC.CC.CC.CC.[N-]=[N+]=NS(=O)(=O)c1c(F)cc(CCCCCc2cc(F)c(S(=O)(=O)N=[N+]=[N-])c(F)c2)cc1F. The van der Waals surface area contributed by atoms with E-state index in [0.29, 0.717) is 19.3 Å². The Morgan fingerprint density at radius 1 is 0.436 bits per heavy atom. The van der Waals surface area contributed by atoms with Crippen molar-refractivity contribution in [3.05, 3.63) is 79.5 Å². The minimum Gasteiger partial charge on any atom is -0.216 e. The first-order valence-corrected chi connectivity index (χ1v) is 15.9. The Labute approximate surface area is 343 Å². The third-order valence-corrected chi connectivity index (χ3v) is 6.74. The normalized spacial score (nSPS) is 7.35. The van der Waals surface area contributed by atoms with Crippen molar-refractivity contribution >= 4 is 20.0 Å². The maximum Gasteiger partial charge on any atom is 0.270 e. The second-order valence-electron chi connectivity index (χ2n) is 6.63. The van der Waals surface area contributed by atoms with Crippen molar-refractivity contribution in [1.29, 1.82) is 0 Å². The van der Waals surface area contributed by atoms with Gasteiger partial charge in [0.25, 0.3) is 20.0 Å². The lowest BCUT2D eigenvalue weighted by molar-refractivity contribution is 0.515. The smallest absolute Gasteiger partial charge is 0.216 e. The van der Waals surface area contributed by atoms with Crippen molar-refractivity contribution in [2.75, 3.05) is 0 Å². The van der Waals surface area contributed by atoms with Crippen LogP contribution in [0.1, 0.15) is 190 Å². The van der Waals surface area contributed by atoms with Crippen LogP contribution in [-0.4, -0.2) is 16.8 Å². The van der Waals surface area contributed by atoms with Crippen LogP contribution in [-0.2, 0) is 32.9 Å². The van der Waals surface area contributed by atoms with Gasteiger partial charge in [0.05, 0.1) is 0 Å². The van der Waals surface area contributed by atoms with E-state index in [9.17, 15) is 34.4 Å². The van der Waals surface area contributed by atoms with Gasteiger partial charge >= 0.3 is 0 Å². The summed E-state index contributed by atoms with van der Waals surface area (Å²) in [5.74, 6) is -5.61. The van der Waals surface area contributed by atoms with Crippen LogP contribution in [0.3, 0.4) is 0 Å². The molecule has 0 radical (unpaired) electrons. The van der Waals surface area contributed by atoms with Gasteiger partial charge in [-0.2, -0.15) is 0 Å². The molecule has 0 aromatic heterocycles. The molecule has 16 heteroatoms. The Morgan fingerprint density at radius 2 is 0.618 bits per heavy atom. The van der Waals surface area contributed by atoms with Crippen LogP contribution in [0.5, 0.6) is 0 Å². The van der Waals surface area contributed by atoms with Gasteiger partial charge in [0, 0.05) is 18.9 Å². The number of benzene rings is 2. The van der Waals surface area contributed by atoms with E-state index in [0.717, 1.165) is 24.3 Å². The number of nitrogens with zero attached hydrogens (tertiary/aromatic N) is 6. The molecule has 2 aromatic carbocycles. The summed E-state index contributed by atoms with van der Waals surface area (Å²) in [7, 11) is -9.67. The lowest BCUT2D eigenvalue weighted by Crippen LogP contribution is -2.05. The zero-order valence-electron chi connectivity index (χ0n) is 24.5. The zero-order chi connectivity index (χ0) is 32.8. The van der Waals surface area contributed by atoms with E-state index < -0.39 is 53.1 Å². The molecule has 0 heterocycles. The van der Waals surface area contributed by atoms with Crippen LogP contribution in [0.25, 0.3) is 20.9 Å². The predicted molar refractivity (Wildman–Crippen MR) is 246 cm³/mol. The van der Waals surface area contributed by atoms with Gasteiger partial charge in [-0.05, 0) is 72.1 Å². The van der Waals surface area contributed by atoms with Crippen LogP contribution < -0.4 is 0 Å². The van der Waals surface area contributed by atoms with Gasteiger partial charge in [-0.15, -0.1) is 0 Å². The second-order valence-corrected chi connectivity index (χ2v) is 9.67. The van der Waals surface area contributed by atoms with Crippen LogP contribution in [0.15, 0.2) is 43.1 Å². The fourth-order valence-electron chi connectivity index (χ4n) is 3.02. The van der Waals surface area contributed by atoms with E-state index in [2.05, 4.69) is 9.04 Å². The Balaban J connectivity index is -0.0000000411. The highest BCUT2D eigenvalue weighted by Gasteiger charge is 2.25. The van der Waals surface area contributed by atoms with E-state index in [-0.39, 0.29) is 128 Å². The van der Waals surface area contributed by atoms with Crippen LogP contribution in [0.2, 0.25) is 0 Å². The van der Waals surface area contributed by atoms with E-state index in [1.807, 2.05) is 65.2 Å². The van der Waals surface area contributed by atoms with Crippen molar-refractivity contribution in [2.24, 2.45) is 9.04 Å². The van der Waals surface area contributed by atoms with Gasteiger partial charge in [-0.25, -0.2) is 34.4 Å². The topological polar surface area (TPSA) is 166 Å². The number of hydrogen-bond donors (Lipinski definition) is 0. The Bertz CT molecular complexity index is 1250. The van der Waals surface area contributed by atoms with Gasteiger partial charge in [-0.3, -0.25) is 0 Å². The lowest BCUT2D eigenvalue weighted by atomic mass is 10.0. The van der Waals surface area contributed by atoms with Crippen LogP contribution in [0, 0.1) is 23.3 Å². The highest BCUT2D eigenvalue weighted by Crippen LogP contribution is 2.25. The fourth-order valence-corrected chi connectivity index (χ4v) is 4.60. The van der Waals surface area contributed by atoms with Crippen LogP contribution >= 0.6 is 0 Å². The average Bonchev–Trinajstić information content (AvgIpc) is 2.92. The third-order valence-electron chi connectivity index (χ3n) is 4.35. The Hall–Kier alpha value is -3.32. The highest BCUT2D eigenvalue weighted by atomic mass is 32.2. The molecule has 0 aliphatic rings. The molecule has 10 nitrogen and oxygen atoms in total. The second kappa shape index (κ2) is 59.9. The molecule has 0 atom stereocenters. The molecule has 0 spiro atoms. The van der Waals surface area contributed by atoms with Crippen LogP contribution in [0.4, 0.5) is 17.6 Å². The monoisotopic (exact) mass is 851 g/mol. The first kappa shape index (κ1) is 110. The van der Waals surface area contributed by atoms with Gasteiger partial charge in [-0.1, -0.05) is 166 Å². The van der Waals surface area contributed by atoms with Gasteiger partial charge in [0.1, 0.15) is 33.1 Å². The molecule has 0 fully saturated rings.